The first-order valence-electron chi connectivity index (χ1n) is 8.41. The molecule has 1 fully saturated rings. The molecule has 0 saturated carbocycles. The van der Waals surface area contributed by atoms with Crippen molar-refractivity contribution in [2.45, 2.75) is 24.2 Å². The fourth-order valence-electron chi connectivity index (χ4n) is 3.24. The van der Waals surface area contributed by atoms with Crippen molar-refractivity contribution in [3.8, 4) is 0 Å². The normalized spacial score (nSPS) is 16.6. The fourth-order valence-corrected chi connectivity index (χ4v) is 4.71. The fraction of sp³-hybridized carbons (Fsp3) is 0.316. The lowest BCUT2D eigenvalue weighted by atomic mass is 9.91. The van der Waals surface area contributed by atoms with Gasteiger partial charge in [0.15, 0.2) is 0 Å². The zero-order valence-electron chi connectivity index (χ0n) is 14.0. The quantitative estimate of drug-likeness (QED) is 0.891. The lowest BCUT2D eigenvalue weighted by molar-refractivity contribution is 0.1000. The van der Waals surface area contributed by atoms with Crippen molar-refractivity contribution in [2.24, 2.45) is 11.7 Å². The molecule has 0 bridgehead atoms. The maximum atomic E-state index is 12.7. The van der Waals surface area contributed by atoms with E-state index in [1.807, 2.05) is 18.2 Å². The smallest absolute Gasteiger partial charge is 0.248 e. The number of piperidine rings is 1. The highest BCUT2D eigenvalue weighted by molar-refractivity contribution is 7.89. The minimum Gasteiger partial charge on any atom is -0.366 e. The molecule has 0 aliphatic carbocycles. The molecule has 1 saturated heterocycles. The first-order valence-corrected chi connectivity index (χ1v) is 9.85. The number of carbonyl (C=O) groups excluding carboxylic acids is 1. The van der Waals surface area contributed by atoms with E-state index in [0.717, 1.165) is 19.3 Å². The summed E-state index contributed by atoms with van der Waals surface area (Å²) in [6.07, 6.45) is 2.70. The summed E-state index contributed by atoms with van der Waals surface area (Å²) in [5.41, 5.74) is 6.80. The van der Waals surface area contributed by atoms with Gasteiger partial charge in [0.25, 0.3) is 0 Å². The summed E-state index contributed by atoms with van der Waals surface area (Å²) in [7, 11) is -3.52. The summed E-state index contributed by atoms with van der Waals surface area (Å²) in [5, 5.41) is 0. The summed E-state index contributed by atoms with van der Waals surface area (Å²) < 4.78 is 27.0. The van der Waals surface area contributed by atoms with Gasteiger partial charge in [-0.2, -0.15) is 4.31 Å². The van der Waals surface area contributed by atoms with Crippen LogP contribution in [0.2, 0.25) is 0 Å². The van der Waals surface area contributed by atoms with Crippen LogP contribution in [0.25, 0.3) is 0 Å². The standard InChI is InChI=1S/C19H22N2O3S/c20-19(22)17-6-8-18(9-7-17)25(23,24)21-12-10-16(11-13-21)14-15-4-2-1-3-5-15/h1-9,16H,10-14H2,(H2,20,22). The number of hydrogen-bond acceptors (Lipinski definition) is 3. The molecule has 1 aliphatic rings. The van der Waals surface area contributed by atoms with Gasteiger partial charge in [0, 0.05) is 18.7 Å². The largest absolute Gasteiger partial charge is 0.366 e. The molecular weight excluding hydrogens is 336 g/mol. The van der Waals surface area contributed by atoms with Gasteiger partial charge in [-0.05, 0) is 55.0 Å². The molecule has 2 N–H and O–H groups in total. The van der Waals surface area contributed by atoms with E-state index in [0.29, 0.717) is 24.6 Å². The van der Waals surface area contributed by atoms with Gasteiger partial charge in [-0.3, -0.25) is 4.79 Å². The molecule has 0 atom stereocenters. The molecule has 6 heteroatoms. The summed E-state index contributed by atoms with van der Waals surface area (Å²) in [6, 6.07) is 16.1. The molecule has 25 heavy (non-hydrogen) atoms. The van der Waals surface area contributed by atoms with E-state index >= 15 is 0 Å². The van der Waals surface area contributed by atoms with E-state index in [9.17, 15) is 13.2 Å². The Balaban J connectivity index is 1.64. The minimum absolute atomic E-state index is 0.207. The van der Waals surface area contributed by atoms with E-state index in [1.165, 1.54) is 34.1 Å². The second kappa shape index (κ2) is 7.37. The maximum absolute atomic E-state index is 12.7. The molecule has 0 radical (unpaired) electrons. The first-order chi connectivity index (χ1) is 12.0. The van der Waals surface area contributed by atoms with Crippen LogP contribution >= 0.6 is 0 Å². The van der Waals surface area contributed by atoms with Gasteiger partial charge in [0.2, 0.25) is 15.9 Å². The van der Waals surface area contributed by atoms with Gasteiger partial charge in [0.05, 0.1) is 4.90 Å². The van der Waals surface area contributed by atoms with Crippen LogP contribution < -0.4 is 5.73 Å². The lowest BCUT2D eigenvalue weighted by Crippen LogP contribution is -2.38. The SMILES string of the molecule is NC(=O)c1ccc(S(=O)(=O)N2CCC(Cc3ccccc3)CC2)cc1. The lowest BCUT2D eigenvalue weighted by Gasteiger charge is -2.31. The van der Waals surface area contributed by atoms with Crippen molar-refractivity contribution in [1.82, 2.24) is 4.31 Å². The van der Waals surface area contributed by atoms with Crippen molar-refractivity contribution >= 4 is 15.9 Å². The Bertz CT molecular complexity index is 825. The number of hydrogen-bond donors (Lipinski definition) is 1. The summed E-state index contributed by atoms with van der Waals surface area (Å²) >= 11 is 0. The zero-order chi connectivity index (χ0) is 17.9. The van der Waals surface area contributed by atoms with Crippen molar-refractivity contribution in [2.75, 3.05) is 13.1 Å². The Hall–Kier alpha value is -2.18. The first kappa shape index (κ1) is 17.6. The van der Waals surface area contributed by atoms with Gasteiger partial charge < -0.3 is 5.73 Å². The third-order valence-electron chi connectivity index (χ3n) is 4.72. The molecule has 1 amide bonds. The zero-order valence-corrected chi connectivity index (χ0v) is 14.8. The number of nitrogens with two attached hydrogens (primary N) is 1. The predicted octanol–water partition coefficient (Wildman–Crippen LogP) is 2.43. The average molecular weight is 358 g/mol. The molecule has 5 nitrogen and oxygen atoms in total. The molecular formula is C19H22N2O3S. The summed E-state index contributed by atoms with van der Waals surface area (Å²) in [4.78, 5) is 11.3. The molecule has 0 unspecified atom stereocenters. The number of sulfonamides is 1. The topological polar surface area (TPSA) is 80.5 Å². The maximum Gasteiger partial charge on any atom is 0.248 e. The second-order valence-electron chi connectivity index (χ2n) is 6.43. The highest BCUT2D eigenvalue weighted by Crippen LogP contribution is 2.26. The number of benzene rings is 2. The van der Waals surface area contributed by atoms with E-state index < -0.39 is 15.9 Å². The third-order valence-corrected chi connectivity index (χ3v) is 6.63. The predicted molar refractivity (Wildman–Crippen MR) is 96.6 cm³/mol. The molecule has 0 spiro atoms. The molecule has 132 valence electrons. The van der Waals surface area contributed by atoms with Crippen LogP contribution in [0.4, 0.5) is 0 Å². The molecule has 0 aromatic heterocycles. The Kier molecular flexibility index (Phi) is 5.20. The van der Waals surface area contributed by atoms with Crippen LogP contribution in [0, 0.1) is 5.92 Å². The number of carbonyl (C=O) groups is 1. The van der Waals surface area contributed by atoms with Crippen LogP contribution in [0.1, 0.15) is 28.8 Å². The van der Waals surface area contributed by atoms with Gasteiger partial charge in [-0.15, -0.1) is 0 Å². The van der Waals surface area contributed by atoms with E-state index in [4.69, 9.17) is 5.73 Å². The number of rotatable bonds is 5. The van der Waals surface area contributed by atoms with Crippen molar-refractivity contribution < 1.29 is 13.2 Å². The molecule has 1 heterocycles. The van der Waals surface area contributed by atoms with Crippen LogP contribution in [-0.2, 0) is 16.4 Å². The van der Waals surface area contributed by atoms with E-state index in [-0.39, 0.29) is 4.90 Å². The van der Waals surface area contributed by atoms with E-state index in [2.05, 4.69) is 12.1 Å². The van der Waals surface area contributed by atoms with Gasteiger partial charge in [-0.25, -0.2) is 8.42 Å². The van der Waals surface area contributed by atoms with Gasteiger partial charge >= 0.3 is 0 Å². The number of amides is 1. The second-order valence-corrected chi connectivity index (χ2v) is 8.36. The molecule has 2 aromatic carbocycles. The van der Waals surface area contributed by atoms with Crippen LogP contribution in [-0.4, -0.2) is 31.7 Å². The molecule has 3 rings (SSSR count). The van der Waals surface area contributed by atoms with E-state index in [1.54, 1.807) is 0 Å². The Morgan fingerprint density at radius 1 is 1.00 bits per heavy atom. The Labute approximate surface area is 148 Å². The number of primary amides is 1. The average Bonchev–Trinajstić information content (AvgIpc) is 2.63. The number of nitrogens with zero attached hydrogens (tertiary/aromatic N) is 1. The third kappa shape index (κ3) is 4.08. The minimum atomic E-state index is -3.52. The van der Waals surface area contributed by atoms with Crippen molar-refractivity contribution in [1.29, 1.82) is 0 Å². The monoisotopic (exact) mass is 358 g/mol. The summed E-state index contributed by atoms with van der Waals surface area (Å²) in [6.45, 7) is 1.05. The Morgan fingerprint density at radius 2 is 1.60 bits per heavy atom. The summed E-state index contributed by atoms with van der Waals surface area (Å²) in [5.74, 6) is -0.0586. The van der Waals surface area contributed by atoms with Gasteiger partial charge in [0.1, 0.15) is 0 Å². The highest BCUT2D eigenvalue weighted by atomic mass is 32.2. The van der Waals surface area contributed by atoms with Crippen molar-refractivity contribution in [3.05, 3.63) is 65.7 Å². The molecule has 1 aliphatic heterocycles. The van der Waals surface area contributed by atoms with Crippen LogP contribution in [0.15, 0.2) is 59.5 Å². The highest BCUT2D eigenvalue weighted by Gasteiger charge is 2.29. The van der Waals surface area contributed by atoms with Crippen LogP contribution in [0.3, 0.4) is 0 Å². The van der Waals surface area contributed by atoms with Crippen LogP contribution in [0.5, 0.6) is 0 Å². The van der Waals surface area contributed by atoms with Gasteiger partial charge in [-0.1, -0.05) is 30.3 Å². The van der Waals surface area contributed by atoms with Crippen molar-refractivity contribution in [3.63, 3.8) is 0 Å². The molecule has 2 aromatic rings. The Morgan fingerprint density at radius 3 is 2.16 bits per heavy atom.